The third-order valence-corrected chi connectivity index (χ3v) is 9.23. The lowest BCUT2D eigenvalue weighted by Gasteiger charge is -2.42. The number of amides is 2. The van der Waals surface area contributed by atoms with E-state index in [0.29, 0.717) is 50.0 Å². The normalized spacial score (nSPS) is 21.9. The van der Waals surface area contributed by atoms with Crippen molar-refractivity contribution in [1.82, 2.24) is 19.8 Å². The first-order valence-corrected chi connectivity index (χ1v) is 15.3. The van der Waals surface area contributed by atoms with Crippen molar-refractivity contribution in [2.75, 3.05) is 39.5 Å². The Kier molecular flexibility index (Phi) is 8.02. The maximum absolute atomic E-state index is 13.5. The van der Waals surface area contributed by atoms with Crippen molar-refractivity contribution >= 4 is 22.8 Å². The Morgan fingerprint density at radius 3 is 2.73 bits per heavy atom. The zero-order valence-corrected chi connectivity index (χ0v) is 24.4. The molecule has 3 aliphatic rings. The first kappa shape index (κ1) is 27.8. The molecule has 0 saturated carbocycles. The van der Waals surface area contributed by atoms with E-state index in [1.54, 1.807) is 0 Å². The second-order valence-corrected chi connectivity index (χ2v) is 12.4. The van der Waals surface area contributed by atoms with Crippen LogP contribution in [0.2, 0.25) is 0 Å². The Morgan fingerprint density at radius 2 is 1.90 bits per heavy atom. The van der Waals surface area contributed by atoms with E-state index in [2.05, 4.69) is 23.8 Å². The van der Waals surface area contributed by atoms with Crippen molar-refractivity contribution in [3.63, 3.8) is 0 Å². The molecule has 1 atom stereocenters. The summed E-state index contributed by atoms with van der Waals surface area (Å²) in [6.07, 6.45) is 6.87. The van der Waals surface area contributed by atoms with Gasteiger partial charge in [-0.1, -0.05) is 26.3 Å². The third kappa shape index (κ3) is 5.98. The maximum Gasteiger partial charge on any atom is 0.254 e. The predicted molar refractivity (Wildman–Crippen MR) is 158 cm³/mol. The van der Waals surface area contributed by atoms with Gasteiger partial charge in [0.25, 0.3) is 11.8 Å². The average Bonchev–Trinajstić information content (AvgIpc) is 3.64. The van der Waals surface area contributed by atoms with Crippen LogP contribution >= 0.6 is 0 Å². The Hall–Kier alpha value is -3.39. The van der Waals surface area contributed by atoms with E-state index in [-0.39, 0.29) is 23.3 Å². The van der Waals surface area contributed by atoms with E-state index < -0.39 is 0 Å². The highest BCUT2D eigenvalue weighted by atomic mass is 16.5. The van der Waals surface area contributed by atoms with Gasteiger partial charge < -0.3 is 24.3 Å². The number of carbonyl (C=O) groups is 2. The lowest BCUT2D eigenvalue weighted by atomic mass is 9.75. The Labute approximate surface area is 242 Å². The maximum atomic E-state index is 13.5. The van der Waals surface area contributed by atoms with Crippen molar-refractivity contribution in [3.05, 3.63) is 59.4 Å². The topological polar surface area (TPSA) is 87.8 Å². The fourth-order valence-electron chi connectivity index (χ4n) is 6.59. The van der Waals surface area contributed by atoms with Crippen LogP contribution in [0.1, 0.15) is 91.3 Å². The highest BCUT2D eigenvalue weighted by Crippen LogP contribution is 2.38. The number of piperidine rings is 1. The molecular formula is C33H42N4O4. The van der Waals surface area contributed by atoms with Gasteiger partial charge in [-0.15, -0.1) is 0 Å². The molecule has 6 rings (SSSR count). The molecule has 2 aromatic carbocycles. The van der Waals surface area contributed by atoms with Gasteiger partial charge >= 0.3 is 0 Å². The second-order valence-electron chi connectivity index (χ2n) is 12.4. The summed E-state index contributed by atoms with van der Waals surface area (Å²) < 4.78 is 12.5. The number of fused-ring (bicyclic) bond motifs is 4. The molecule has 8 nitrogen and oxygen atoms in total. The standard InChI is InChI=1S/C33H42N4O4/c1-23(2)30-34-28-11-10-25(20-29(28)35-30)31(38)36-16-13-33(14-17-36)12-3-4-18-40-21-26-8-6-15-37(26)32(39)24-7-5-9-27(19-24)41-22-33/h5,7,9-11,19-20,23,26H,3-4,6,8,12-18,21-22H2,1-2H3,(H,34,35)/t26-/m0/s1. The van der Waals surface area contributed by atoms with Crippen LogP contribution in [0.25, 0.3) is 11.0 Å². The van der Waals surface area contributed by atoms with Gasteiger partial charge in [-0.3, -0.25) is 9.59 Å². The molecular weight excluding hydrogens is 516 g/mol. The molecule has 1 aromatic heterocycles. The number of nitrogens with zero attached hydrogens (tertiary/aromatic N) is 3. The summed E-state index contributed by atoms with van der Waals surface area (Å²) in [7, 11) is 0. The monoisotopic (exact) mass is 558 g/mol. The number of aromatic amines is 1. The van der Waals surface area contributed by atoms with Crippen LogP contribution in [-0.2, 0) is 4.74 Å². The Balaban J connectivity index is 1.15. The summed E-state index contributed by atoms with van der Waals surface area (Å²) in [6, 6.07) is 13.6. The molecule has 8 heteroatoms. The number of hydrogen-bond acceptors (Lipinski definition) is 5. The van der Waals surface area contributed by atoms with Gasteiger partial charge in [0.2, 0.25) is 0 Å². The number of imidazole rings is 1. The molecule has 218 valence electrons. The molecule has 0 unspecified atom stereocenters. The summed E-state index contributed by atoms with van der Waals surface area (Å²) in [4.78, 5) is 38.8. The fraction of sp³-hybridized carbons (Fsp3) is 0.545. The number of H-pyrrole nitrogens is 1. The van der Waals surface area contributed by atoms with E-state index in [1.807, 2.05) is 52.3 Å². The van der Waals surface area contributed by atoms with Gasteiger partial charge in [0, 0.05) is 48.7 Å². The number of benzene rings is 2. The van der Waals surface area contributed by atoms with Crippen molar-refractivity contribution in [1.29, 1.82) is 0 Å². The van der Waals surface area contributed by atoms with E-state index in [9.17, 15) is 9.59 Å². The van der Waals surface area contributed by atoms with E-state index in [4.69, 9.17) is 9.47 Å². The summed E-state index contributed by atoms with van der Waals surface area (Å²) in [5.74, 6) is 2.12. The lowest BCUT2D eigenvalue weighted by Crippen LogP contribution is -2.45. The van der Waals surface area contributed by atoms with Crippen molar-refractivity contribution < 1.29 is 19.1 Å². The number of ether oxygens (including phenoxy) is 2. The molecule has 3 aliphatic heterocycles. The van der Waals surface area contributed by atoms with Crippen LogP contribution in [0.3, 0.4) is 0 Å². The van der Waals surface area contributed by atoms with Gasteiger partial charge in [-0.25, -0.2) is 4.98 Å². The predicted octanol–water partition coefficient (Wildman–Crippen LogP) is 5.79. The Morgan fingerprint density at radius 1 is 1.05 bits per heavy atom. The molecule has 4 heterocycles. The van der Waals surface area contributed by atoms with Gasteiger partial charge in [-0.2, -0.15) is 0 Å². The van der Waals surface area contributed by atoms with Crippen LogP contribution in [-0.4, -0.2) is 77.1 Å². The molecule has 1 N–H and O–H groups in total. The fourth-order valence-corrected chi connectivity index (χ4v) is 6.59. The quantitative estimate of drug-likeness (QED) is 0.430. The minimum atomic E-state index is -0.0174. The lowest BCUT2D eigenvalue weighted by molar-refractivity contribution is 0.0332. The van der Waals surface area contributed by atoms with Gasteiger partial charge in [0.1, 0.15) is 11.6 Å². The molecule has 41 heavy (non-hydrogen) atoms. The number of hydrogen-bond donors (Lipinski definition) is 1. The zero-order chi connectivity index (χ0) is 28.4. The van der Waals surface area contributed by atoms with Gasteiger partial charge in [-0.05, 0) is 74.9 Å². The Bertz CT molecular complexity index is 1390. The van der Waals surface area contributed by atoms with Crippen LogP contribution < -0.4 is 4.74 Å². The number of likely N-dealkylation sites (tertiary alicyclic amines) is 1. The SMILES string of the molecule is CC(C)c1nc2ccc(C(=O)N3CCC4(CCCCOC[C@@H]5CCCN5C(=O)c5cccc(c5)OC4)CC3)cc2[nH]1. The van der Waals surface area contributed by atoms with Crippen LogP contribution in [0.15, 0.2) is 42.5 Å². The highest BCUT2D eigenvalue weighted by molar-refractivity contribution is 5.97. The zero-order valence-electron chi connectivity index (χ0n) is 24.4. The summed E-state index contributed by atoms with van der Waals surface area (Å²) in [5.41, 5.74) is 3.16. The molecule has 2 bridgehead atoms. The largest absolute Gasteiger partial charge is 0.493 e. The first-order valence-electron chi connectivity index (χ1n) is 15.3. The van der Waals surface area contributed by atoms with Crippen molar-refractivity contribution in [2.24, 2.45) is 5.41 Å². The smallest absolute Gasteiger partial charge is 0.254 e. The average molecular weight is 559 g/mol. The molecule has 0 aliphatic carbocycles. The molecule has 2 amide bonds. The van der Waals surface area contributed by atoms with Crippen molar-refractivity contribution in [2.45, 2.75) is 70.8 Å². The summed E-state index contributed by atoms with van der Waals surface area (Å²) in [6.45, 7) is 8.29. The second kappa shape index (κ2) is 11.8. The molecule has 2 fully saturated rings. The number of aromatic nitrogens is 2. The summed E-state index contributed by atoms with van der Waals surface area (Å²) >= 11 is 0. The van der Waals surface area contributed by atoms with Crippen LogP contribution in [0, 0.1) is 5.41 Å². The van der Waals surface area contributed by atoms with Crippen molar-refractivity contribution in [3.8, 4) is 5.75 Å². The molecule has 0 radical (unpaired) electrons. The van der Waals surface area contributed by atoms with E-state index in [0.717, 1.165) is 74.1 Å². The van der Waals surface area contributed by atoms with Crippen LogP contribution in [0.4, 0.5) is 0 Å². The first-order chi connectivity index (χ1) is 19.9. The third-order valence-electron chi connectivity index (χ3n) is 9.23. The molecule has 1 spiro atoms. The minimum absolute atomic E-state index is 0.0174. The van der Waals surface area contributed by atoms with Crippen LogP contribution in [0.5, 0.6) is 5.75 Å². The minimum Gasteiger partial charge on any atom is -0.493 e. The number of carbonyl (C=O) groups excluding carboxylic acids is 2. The molecule has 2 saturated heterocycles. The van der Waals surface area contributed by atoms with Gasteiger partial charge in [0.15, 0.2) is 0 Å². The number of rotatable bonds is 2. The summed E-state index contributed by atoms with van der Waals surface area (Å²) in [5, 5.41) is 0. The van der Waals surface area contributed by atoms with E-state index >= 15 is 0 Å². The molecule has 3 aromatic rings. The van der Waals surface area contributed by atoms with Gasteiger partial charge in [0.05, 0.1) is 30.3 Å². The number of nitrogens with one attached hydrogen (secondary N) is 1. The highest BCUT2D eigenvalue weighted by Gasteiger charge is 2.37. The van der Waals surface area contributed by atoms with E-state index in [1.165, 1.54) is 0 Å².